The van der Waals surface area contributed by atoms with E-state index in [2.05, 4.69) is 19.6 Å². The van der Waals surface area contributed by atoms with Crippen molar-refractivity contribution in [3.05, 3.63) is 59.7 Å². The second-order valence-electron chi connectivity index (χ2n) is 20.5. The van der Waals surface area contributed by atoms with Gasteiger partial charge in [0, 0.05) is 103 Å². The highest BCUT2D eigenvalue weighted by molar-refractivity contribution is 5.79. The van der Waals surface area contributed by atoms with E-state index in [0.29, 0.717) is 86.2 Å². The van der Waals surface area contributed by atoms with Crippen molar-refractivity contribution in [2.24, 2.45) is 35.5 Å². The normalized spacial score (nSPS) is 28.3. The summed E-state index contributed by atoms with van der Waals surface area (Å²) in [6, 6.07) is 12.2. The maximum absolute atomic E-state index is 12.9. The second kappa shape index (κ2) is 23.4. The van der Waals surface area contributed by atoms with Gasteiger partial charge in [-0.25, -0.2) is 0 Å². The third kappa shape index (κ3) is 14.0. The molecule has 6 aliphatic rings. The maximum atomic E-state index is 12.9. The van der Waals surface area contributed by atoms with E-state index in [1.165, 1.54) is 62.8 Å². The Hall–Kier alpha value is -3.20. The Kier molecular flexibility index (Phi) is 18.0. The van der Waals surface area contributed by atoms with Crippen molar-refractivity contribution in [2.45, 2.75) is 127 Å². The summed E-state index contributed by atoms with van der Waals surface area (Å²) >= 11 is 0. The van der Waals surface area contributed by atoms with E-state index in [1.54, 1.807) is 38.5 Å². The Morgan fingerprint density at radius 2 is 0.864 bits per heavy atom. The van der Waals surface area contributed by atoms with Gasteiger partial charge in [0.1, 0.15) is 11.6 Å². The minimum atomic E-state index is -4.28. The molecule has 0 spiro atoms. The summed E-state index contributed by atoms with van der Waals surface area (Å²) in [4.78, 5) is 33.7. The highest BCUT2D eigenvalue weighted by Crippen LogP contribution is 2.41. The molecule has 14 heteroatoms. The molecular formula is C52H74F6N4O4. The summed E-state index contributed by atoms with van der Waals surface area (Å²) in [6.07, 6.45) is 8.14. The number of anilines is 2. The minimum absolute atomic E-state index is 0.335. The lowest BCUT2D eigenvalue weighted by Gasteiger charge is -2.30. The van der Waals surface area contributed by atoms with Gasteiger partial charge in [-0.2, -0.15) is 26.3 Å². The second-order valence-corrected chi connectivity index (χ2v) is 20.5. The van der Waals surface area contributed by atoms with Crippen LogP contribution in [0.25, 0.3) is 0 Å². The SMILES string of the molecule is COCCC(=O)CC1CCC(CCN2C[C@@H]3CCN(c4ccc(C(F)(F)F)cc4)[C@@H]3C2)CC1.COCCC(=O)CC1CCC(CCN2C[C@H]3CCN(c4ccc(C(F)(F)F)cc4)[C@H]3C2)CC1. The van der Waals surface area contributed by atoms with E-state index < -0.39 is 23.5 Å². The number of alkyl halides is 6. The van der Waals surface area contributed by atoms with Crippen LogP contribution in [0.3, 0.4) is 0 Å². The number of benzene rings is 2. The van der Waals surface area contributed by atoms with Crippen molar-refractivity contribution in [2.75, 3.05) is 89.6 Å². The number of hydrogen-bond acceptors (Lipinski definition) is 8. The maximum Gasteiger partial charge on any atom is 0.416 e. The monoisotopic (exact) mass is 933 g/mol. The molecule has 4 atom stereocenters. The summed E-state index contributed by atoms with van der Waals surface area (Å²) in [7, 11) is 3.27. The topological polar surface area (TPSA) is 65.6 Å². The molecule has 8 nitrogen and oxygen atoms in total. The molecule has 66 heavy (non-hydrogen) atoms. The van der Waals surface area contributed by atoms with Crippen molar-refractivity contribution in [1.82, 2.24) is 9.80 Å². The lowest BCUT2D eigenvalue weighted by molar-refractivity contribution is -0.138. The standard InChI is InChI=1S/2C26H37F3N2O2/c2*1-33-15-12-24(32)16-20-4-2-19(3-5-20)10-13-30-17-21-11-14-31(25(21)18-30)23-8-6-22(7-9-23)26(27,28)29/h2*6-9,19-21,25H,2-5,10-18H2,1H3/t2*19?,20?,21-,25+/m10/s1. The molecule has 2 aliphatic carbocycles. The fourth-order valence-corrected chi connectivity index (χ4v) is 12.2. The average Bonchev–Trinajstić information content (AvgIpc) is 4.09. The van der Waals surface area contributed by atoms with Crippen LogP contribution >= 0.6 is 0 Å². The van der Waals surface area contributed by atoms with Gasteiger partial charge >= 0.3 is 12.4 Å². The van der Waals surface area contributed by atoms with Crippen molar-refractivity contribution in [3.63, 3.8) is 0 Å². The Labute approximate surface area is 389 Å². The van der Waals surface area contributed by atoms with E-state index >= 15 is 0 Å². The highest BCUT2D eigenvalue weighted by Gasteiger charge is 2.43. The van der Waals surface area contributed by atoms with Crippen molar-refractivity contribution < 1.29 is 45.4 Å². The van der Waals surface area contributed by atoms with Crippen LogP contribution in [-0.4, -0.2) is 113 Å². The summed E-state index contributed by atoms with van der Waals surface area (Å²) < 4.78 is 87.3. The molecule has 2 aromatic rings. The Morgan fingerprint density at radius 1 is 0.515 bits per heavy atom. The van der Waals surface area contributed by atoms with Gasteiger partial charge in [-0.3, -0.25) is 9.59 Å². The lowest BCUT2D eigenvalue weighted by atomic mass is 9.78. The van der Waals surface area contributed by atoms with Crippen LogP contribution in [0.15, 0.2) is 48.5 Å². The number of rotatable bonds is 18. The van der Waals surface area contributed by atoms with Crippen LogP contribution in [0.4, 0.5) is 37.7 Å². The molecule has 4 heterocycles. The van der Waals surface area contributed by atoms with Crippen LogP contribution in [0.5, 0.6) is 0 Å². The number of ether oxygens (including phenoxy) is 2. The third-order valence-electron chi connectivity index (χ3n) is 16.1. The molecule has 0 unspecified atom stereocenters. The van der Waals surface area contributed by atoms with E-state index in [0.717, 1.165) is 114 Å². The fourth-order valence-electron chi connectivity index (χ4n) is 12.2. The third-order valence-corrected chi connectivity index (χ3v) is 16.1. The van der Waals surface area contributed by atoms with Crippen LogP contribution in [0, 0.1) is 35.5 Å². The lowest BCUT2D eigenvalue weighted by Crippen LogP contribution is -2.35. The Morgan fingerprint density at radius 3 is 1.20 bits per heavy atom. The largest absolute Gasteiger partial charge is 0.416 e. The molecule has 0 bridgehead atoms. The van der Waals surface area contributed by atoms with Crippen molar-refractivity contribution in [3.8, 4) is 0 Å². The number of fused-ring (bicyclic) bond motifs is 2. The summed E-state index contributed by atoms with van der Waals surface area (Å²) in [5.41, 5.74) is 0.666. The molecule has 0 radical (unpaired) electrons. The number of likely N-dealkylation sites (tertiary alicyclic amines) is 2. The fraction of sp³-hybridized carbons (Fsp3) is 0.731. The predicted molar refractivity (Wildman–Crippen MR) is 247 cm³/mol. The van der Waals surface area contributed by atoms with Gasteiger partial charge in [0.2, 0.25) is 0 Å². The number of carbonyl (C=O) groups excluding carboxylic acids is 2. The Bertz CT molecular complexity index is 1680. The highest BCUT2D eigenvalue weighted by atomic mass is 19.4. The van der Waals surface area contributed by atoms with Gasteiger partial charge in [0.05, 0.1) is 24.3 Å². The minimum Gasteiger partial charge on any atom is -0.384 e. The van der Waals surface area contributed by atoms with Gasteiger partial charge in [-0.15, -0.1) is 0 Å². The average molecular weight is 933 g/mol. The van der Waals surface area contributed by atoms with Crippen molar-refractivity contribution in [1.29, 1.82) is 0 Å². The first-order valence-electron chi connectivity index (χ1n) is 25.0. The predicted octanol–water partition coefficient (Wildman–Crippen LogP) is 10.8. The van der Waals surface area contributed by atoms with E-state index in [1.807, 2.05) is 0 Å². The number of Topliss-reactive ketones (excluding diaryl/α,β-unsaturated/α-hetero) is 2. The molecule has 0 N–H and O–H groups in total. The van der Waals surface area contributed by atoms with E-state index in [9.17, 15) is 35.9 Å². The first kappa shape index (κ1) is 50.7. The number of carbonyl (C=O) groups is 2. The molecular weight excluding hydrogens is 859 g/mol. The summed E-state index contributed by atoms with van der Waals surface area (Å²) in [5.74, 6) is 4.50. The zero-order valence-electron chi connectivity index (χ0n) is 39.3. The van der Waals surface area contributed by atoms with Crippen LogP contribution < -0.4 is 9.80 Å². The molecule has 0 amide bonds. The molecule has 2 saturated carbocycles. The first-order valence-corrected chi connectivity index (χ1v) is 25.0. The Balaban J connectivity index is 0.000000196. The van der Waals surface area contributed by atoms with Gasteiger partial charge in [0.15, 0.2) is 0 Å². The summed E-state index contributed by atoms with van der Waals surface area (Å²) in [6.45, 7) is 9.36. The van der Waals surface area contributed by atoms with Crippen LogP contribution in [0.1, 0.15) is 114 Å². The molecule has 6 fully saturated rings. The van der Waals surface area contributed by atoms with E-state index in [-0.39, 0.29) is 0 Å². The first-order chi connectivity index (χ1) is 31.7. The molecule has 4 aliphatic heterocycles. The van der Waals surface area contributed by atoms with E-state index in [4.69, 9.17) is 9.47 Å². The smallest absolute Gasteiger partial charge is 0.384 e. The van der Waals surface area contributed by atoms with Gasteiger partial charge in [-0.1, -0.05) is 25.7 Å². The number of methoxy groups -OCH3 is 2. The van der Waals surface area contributed by atoms with Gasteiger partial charge < -0.3 is 29.1 Å². The summed E-state index contributed by atoms with van der Waals surface area (Å²) in [5, 5.41) is 0. The molecule has 0 aromatic heterocycles. The molecule has 368 valence electrons. The molecule has 4 saturated heterocycles. The van der Waals surface area contributed by atoms with Gasteiger partial charge in [0.25, 0.3) is 0 Å². The van der Waals surface area contributed by atoms with Crippen molar-refractivity contribution >= 4 is 22.9 Å². The van der Waals surface area contributed by atoms with Crippen LogP contribution in [0.2, 0.25) is 0 Å². The quantitative estimate of drug-likeness (QED) is 0.137. The number of hydrogen-bond donors (Lipinski definition) is 0. The zero-order valence-corrected chi connectivity index (χ0v) is 39.3. The number of ketones is 2. The molecule has 8 rings (SSSR count). The molecule has 2 aromatic carbocycles. The van der Waals surface area contributed by atoms with Crippen LogP contribution in [-0.2, 0) is 31.4 Å². The van der Waals surface area contributed by atoms with Gasteiger partial charge in [-0.05, 0) is 148 Å². The number of nitrogens with zero attached hydrogens (tertiary/aromatic N) is 4. The number of halogens is 6. The zero-order chi connectivity index (χ0) is 46.8.